The molecule has 1 aliphatic rings. The second kappa shape index (κ2) is 6.34. The Kier molecular flexibility index (Phi) is 5.53. The predicted octanol–water partition coefficient (Wildman–Crippen LogP) is 3.87. The lowest BCUT2D eigenvalue weighted by atomic mass is 9.85. The van der Waals surface area contributed by atoms with Crippen LogP contribution < -0.4 is 0 Å². The van der Waals surface area contributed by atoms with E-state index in [1.54, 1.807) is 0 Å². The van der Waals surface area contributed by atoms with Crippen molar-refractivity contribution < 1.29 is 19.1 Å². The van der Waals surface area contributed by atoms with Crippen molar-refractivity contribution in [2.45, 2.75) is 64.7 Å². The topological polar surface area (TPSA) is 52.6 Å². The fourth-order valence-electron chi connectivity index (χ4n) is 3.49. The fraction of sp³-hybridized carbons (Fsp3) is 0.882. The first-order valence-corrected chi connectivity index (χ1v) is 11.3. The lowest BCUT2D eigenvalue weighted by molar-refractivity contribution is -0.169. The summed E-state index contributed by atoms with van der Waals surface area (Å²) < 4.78 is 9.85. The number of carbonyl (C=O) groups is 2. The number of rotatable bonds is 4. The van der Waals surface area contributed by atoms with E-state index in [1.807, 2.05) is 0 Å². The molecule has 1 saturated carbocycles. The van der Waals surface area contributed by atoms with E-state index < -0.39 is 25.4 Å². The van der Waals surface area contributed by atoms with Crippen LogP contribution in [-0.4, -0.2) is 34.2 Å². The summed E-state index contributed by atoms with van der Waals surface area (Å²) in [5, 5.41) is 0.300. The summed E-state index contributed by atoms with van der Waals surface area (Å²) in [7, 11) is 1.22. The van der Waals surface area contributed by atoms with Crippen LogP contribution in [0.1, 0.15) is 40.5 Å². The van der Waals surface area contributed by atoms with E-state index in [0.29, 0.717) is 29.7 Å². The van der Waals surface area contributed by atoms with E-state index >= 15 is 0 Å². The maximum atomic E-state index is 12.3. The Morgan fingerprint density at radius 1 is 1.09 bits per heavy atom. The van der Waals surface area contributed by atoms with E-state index in [2.05, 4.69) is 40.8 Å². The third-order valence-corrected chi connectivity index (χ3v) is 11.6. The minimum Gasteiger partial charge on any atom is -0.468 e. The van der Waals surface area contributed by atoms with Crippen LogP contribution in [0.5, 0.6) is 0 Å². The number of carbonyl (C=O) groups excluding carboxylic acids is 2. The molecule has 1 rings (SSSR count). The number of hydrogen-bond acceptors (Lipinski definition) is 4. The molecule has 0 radical (unpaired) electrons. The molecular formula is C17H32O4Si. The normalized spacial score (nSPS) is 24.9. The first-order valence-electron chi connectivity index (χ1n) is 8.08. The molecule has 0 aromatic heterocycles. The molecule has 2 atom stereocenters. The summed E-state index contributed by atoms with van der Waals surface area (Å²) in [5.41, 5.74) is -1.10. The highest BCUT2D eigenvalue weighted by Crippen LogP contribution is 2.52. The van der Waals surface area contributed by atoms with Crippen molar-refractivity contribution >= 4 is 20.0 Å². The molecule has 0 aliphatic heterocycles. The molecule has 0 aromatic rings. The molecule has 0 saturated heterocycles. The van der Waals surface area contributed by atoms with Gasteiger partial charge in [0.05, 0.1) is 22.3 Å². The van der Waals surface area contributed by atoms with Gasteiger partial charge in [0.2, 0.25) is 0 Å². The number of hydrogen-bond donors (Lipinski definition) is 0. The fourth-order valence-corrected chi connectivity index (χ4v) is 5.96. The smallest absolute Gasteiger partial charge is 0.323 e. The van der Waals surface area contributed by atoms with Crippen LogP contribution in [0.15, 0.2) is 0 Å². The third kappa shape index (κ3) is 3.39. The number of esters is 2. The standard InChI is InChI=1S/C17H32O4Si/c1-12-9-17(14(18)20-5,15(19)21-6)10-13(12)11-22(7,8)16(2,3)4/h12-13H,9-11H2,1-8H3/t12-,13+/m0/s1. The second-order valence-electron chi connectivity index (χ2n) is 8.55. The summed E-state index contributed by atoms with van der Waals surface area (Å²) >= 11 is 0. The Hall–Kier alpha value is -0.843. The summed E-state index contributed by atoms with van der Waals surface area (Å²) in [5.74, 6) is -0.181. The van der Waals surface area contributed by atoms with E-state index in [9.17, 15) is 9.59 Å². The number of methoxy groups -OCH3 is 2. The summed E-state index contributed by atoms with van der Waals surface area (Å²) in [6, 6.07) is 1.12. The Morgan fingerprint density at radius 2 is 1.55 bits per heavy atom. The van der Waals surface area contributed by atoms with Crippen molar-refractivity contribution in [1.82, 2.24) is 0 Å². The highest BCUT2D eigenvalue weighted by atomic mass is 28.3. The molecule has 5 heteroatoms. The minimum absolute atomic E-state index is 0.300. The maximum Gasteiger partial charge on any atom is 0.323 e. The minimum atomic E-state index is -1.47. The van der Waals surface area contributed by atoms with Crippen LogP contribution in [0, 0.1) is 17.3 Å². The average molecular weight is 329 g/mol. The molecule has 22 heavy (non-hydrogen) atoms. The van der Waals surface area contributed by atoms with Crippen LogP contribution in [0.2, 0.25) is 24.2 Å². The van der Waals surface area contributed by atoms with Gasteiger partial charge in [-0.15, -0.1) is 0 Å². The van der Waals surface area contributed by atoms with Gasteiger partial charge in [-0.3, -0.25) is 9.59 Å². The van der Waals surface area contributed by atoms with Gasteiger partial charge in [0.1, 0.15) is 0 Å². The van der Waals surface area contributed by atoms with Gasteiger partial charge in [0.15, 0.2) is 5.41 Å². The first-order chi connectivity index (χ1) is 9.91. The molecule has 1 aliphatic carbocycles. The predicted molar refractivity (Wildman–Crippen MR) is 90.4 cm³/mol. The van der Waals surface area contributed by atoms with Gasteiger partial charge in [0.25, 0.3) is 0 Å². The van der Waals surface area contributed by atoms with Crippen molar-refractivity contribution in [3.63, 3.8) is 0 Å². The van der Waals surface area contributed by atoms with Crippen molar-refractivity contribution in [2.24, 2.45) is 17.3 Å². The van der Waals surface area contributed by atoms with Crippen molar-refractivity contribution in [1.29, 1.82) is 0 Å². The summed E-state index contributed by atoms with van der Waals surface area (Å²) in [4.78, 5) is 24.6. The zero-order valence-corrected chi connectivity index (χ0v) is 16.4. The first kappa shape index (κ1) is 19.2. The monoisotopic (exact) mass is 328 g/mol. The van der Waals surface area contributed by atoms with Crippen molar-refractivity contribution in [3.8, 4) is 0 Å². The summed E-state index contributed by atoms with van der Waals surface area (Å²) in [6.45, 7) is 13.8. The van der Waals surface area contributed by atoms with Gasteiger partial charge < -0.3 is 9.47 Å². The third-order valence-electron chi connectivity index (χ3n) is 6.04. The van der Waals surface area contributed by atoms with E-state index in [1.165, 1.54) is 14.2 Å². The van der Waals surface area contributed by atoms with Gasteiger partial charge >= 0.3 is 11.9 Å². The van der Waals surface area contributed by atoms with Gasteiger partial charge in [-0.05, 0) is 29.7 Å². The van der Waals surface area contributed by atoms with Crippen LogP contribution >= 0.6 is 0 Å². The quantitative estimate of drug-likeness (QED) is 0.446. The van der Waals surface area contributed by atoms with E-state index in [0.717, 1.165) is 6.04 Å². The largest absolute Gasteiger partial charge is 0.468 e. The Morgan fingerprint density at radius 3 is 1.91 bits per heavy atom. The molecule has 0 spiro atoms. The molecular weight excluding hydrogens is 296 g/mol. The molecule has 0 N–H and O–H groups in total. The molecule has 0 bridgehead atoms. The Labute approximate surface area is 136 Å². The Bertz CT molecular complexity index is 420. The Balaban J connectivity index is 3.04. The maximum absolute atomic E-state index is 12.3. The van der Waals surface area contributed by atoms with Crippen molar-refractivity contribution in [3.05, 3.63) is 0 Å². The molecule has 1 fully saturated rings. The van der Waals surface area contributed by atoms with E-state index in [4.69, 9.17) is 9.47 Å². The number of ether oxygens (including phenoxy) is 2. The molecule has 0 aromatic carbocycles. The highest BCUT2D eigenvalue weighted by molar-refractivity contribution is 6.80. The van der Waals surface area contributed by atoms with Crippen LogP contribution in [0.3, 0.4) is 0 Å². The van der Waals surface area contributed by atoms with Gasteiger partial charge in [-0.2, -0.15) is 0 Å². The van der Waals surface area contributed by atoms with Crippen LogP contribution in [0.25, 0.3) is 0 Å². The van der Waals surface area contributed by atoms with Gasteiger partial charge in [-0.25, -0.2) is 0 Å². The molecule has 4 nitrogen and oxygen atoms in total. The molecule has 0 heterocycles. The van der Waals surface area contributed by atoms with Crippen LogP contribution in [0.4, 0.5) is 0 Å². The van der Waals surface area contributed by atoms with Crippen LogP contribution in [-0.2, 0) is 19.1 Å². The molecule has 0 unspecified atom stereocenters. The zero-order chi connectivity index (χ0) is 17.3. The highest BCUT2D eigenvalue weighted by Gasteiger charge is 2.57. The SMILES string of the molecule is COC(=O)C1(C(=O)OC)C[C@H](C[Si](C)(C)C(C)(C)C)[C@@H](C)C1. The van der Waals surface area contributed by atoms with Crippen molar-refractivity contribution in [2.75, 3.05) is 14.2 Å². The second-order valence-corrected chi connectivity index (χ2v) is 14.2. The molecule has 128 valence electrons. The van der Waals surface area contributed by atoms with Gasteiger partial charge in [-0.1, -0.05) is 46.8 Å². The molecule has 0 amide bonds. The lowest BCUT2D eigenvalue weighted by Gasteiger charge is -2.39. The zero-order valence-electron chi connectivity index (χ0n) is 15.4. The summed E-state index contributed by atoms with van der Waals surface area (Å²) in [6.07, 6.45) is 1.09. The lowest BCUT2D eigenvalue weighted by Crippen LogP contribution is -2.41. The average Bonchev–Trinajstić information content (AvgIpc) is 2.73. The van der Waals surface area contributed by atoms with Gasteiger partial charge in [0, 0.05) is 0 Å². The van der Waals surface area contributed by atoms with E-state index in [-0.39, 0.29) is 0 Å².